The fourth-order valence-electron chi connectivity index (χ4n) is 0.603. The molecule has 0 amide bonds. The van der Waals surface area contributed by atoms with Crippen molar-refractivity contribution in [2.75, 3.05) is 0 Å². The van der Waals surface area contributed by atoms with Crippen molar-refractivity contribution in [1.29, 1.82) is 0 Å². The quantitative estimate of drug-likeness (QED) is 0.580. The Morgan fingerprint density at radius 2 is 1.90 bits per heavy atom. The molecule has 0 saturated heterocycles. The summed E-state index contributed by atoms with van der Waals surface area (Å²) in [4.78, 5) is 0. The normalized spacial score (nSPS) is 16.4. The highest BCUT2D eigenvalue weighted by Gasteiger charge is 2.02. The van der Waals surface area contributed by atoms with Gasteiger partial charge in [-0.1, -0.05) is 6.58 Å². The summed E-state index contributed by atoms with van der Waals surface area (Å²) in [5.41, 5.74) is 0.793. The van der Waals surface area contributed by atoms with Gasteiger partial charge in [0.2, 0.25) is 0 Å². The first-order chi connectivity index (χ1) is 4.54. The highest BCUT2D eigenvalue weighted by molar-refractivity contribution is 4.99. The third kappa shape index (κ3) is 4.53. The molecule has 60 valence electrons. The van der Waals surface area contributed by atoms with Crippen molar-refractivity contribution >= 4 is 0 Å². The molecule has 0 rings (SSSR count). The molecule has 0 aromatic heterocycles. The molecule has 0 aromatic rings. The molecule has 2 unspecified atom stereocenters. The van der Waals surface area contributed by atoms with Gasteiger partial charge in [-0.3, -0.25) is 0 Å². The predicted octanol–water partition coefficient (Wildman–Crippen LogP) is 1.08. The Balaban J connectivity index is 3.40. The number of hydrogen-bond acceptors (Lipinski definition) is 2. The smallest absolute Gasteiger partial charge is 0.0719 e. The highest BCUT2D eigenvalue weighted by atomic mass is 16.3. The first kappa shape index (κ1) is 9.66. The van der Waals surface area contributed by atoms with Crippen LogP contribution in [-0.4, -0.2) is 22.4 Å². The summed E-state index contributed by atoms with van der Waals surface area (Å²) in [7, 11) is 0. The summed E-state index contributed by atoms with van der Waals surface area (Å²) >= 11 is 0. The van der Waals surface area contributed by atoms with Gasteiger partial charge in [0.05, 0.1) is 12.2 Å². The van der Waals surface area contributed by atoms with Gasteiger partial charge in [-0.05, 0) is 32.3 Å². The van der Waals surface area contributed by atoms with E-state index in [0.717, 1.165) is 5.57 Å². The number of hydrogen-bond donors (Lipinski definition) is 2. The SMILES string of the molecule is C=C(CCC(C)O)C(C)O. The fraction of sp³-hybridized carbons (Fsp3) is 0.750. The van der Waals surface area contributed by atoms with Crippen molar-refractivity contribution in [3.8, 4) is 0 Å². The van der Waals surface area contributed by atoms with Gasteiger partial charge in [-0.25, -0.2) is 0 Å². The Labute approximate surface area is 62.2 Å². The number of rotatable bonds is 4. The van der Waals surface area contributed by atoms with E-state index in [4.69, 9.17) is 10.2 Å². The van der Waals surface area contributed by atoms with Gasteiger partial charge in [0.1, 0.15) is 0 Å². The largest absolute Gasteiger partial charge is 0.393 e. The molecule has 2 nitrogen and oxygen atoms in total. The van der Waals surface area contributed by atoms with Gasteiger partial charge >= 0.3 is 0 Å². The van der Waals surface area contributed by atoms with E-state index in [0.29, 0.717) is 12.8 Å². The van der Waals surface area contributed by atoms with E-state index in [1.165, 1.54) is 0 Å². The molecule has 0 spiro atoms. The summed E-state index contributed by atoms with van der Waals surface area (Å²) in [5, 5.41) is 17.8. The van der Waals surface area contributed by atoms with Crippen LogP contribution in [0.3, 0.4) is 0 Å². The van der Waals surface area contributed by atoms with E-state index in [2.05, 4.69) is 6.58 Å². The standard InChI is InChI=1S/C8H16O2/c1-6(8(3)10)4-5-7(2)9/h7-10H,1,4-5H2,2-3H3. The predicted molar refractivity (Wildman–Crippen MR) is 41.7 cm³/mol. The molecule has 0 fully saturated rings. The molecule has 0 radical (unpaired) electrons. The average Bonchev–Trinajstić information content (AvgIpc) is 1.82. The van der Waals surface area contributed by atoms with E-state index < -0.39 is 6.10 Å². The monoisotopic (exact) mass is 144 g/mol. The zero-order chi connectivity index (χ0) is 8.15. The summed E-state index contributed by atoms with van der Waals surface area (Å²) in [5.74, 6) is 0. The van der Waals surface area contributed by atoms with Crippen LogP contribution in [0.25, 0.3) is 0 Å². The van der Waals surface area contributed by atoms with Crippen LogP contribution in [-0.2, 0) is 0 Å². The maximum atomic E-state index is 8.95. The Hall–Kier alpha value is -0.340. The number of aliphatic hydroxyl groups excluding tert-OH is 2. The molecule has 2 N–H and O–H groups in total. The second-order valence-electron chi connectivity index (χ2n) is 2.72. The maximum absolute atomic E-state index is 8.95. The first-order valence-corrected chi connectivity index (χ1v) is 3.58. The Morgan fingerprint density at radius 1 is 1.40 bits per heavy atom. The van der Waals surface area contributed by atoms with Crippen LogP contribution in [0.4, 0.5) is 0 Å². The van der Waals surface area contributed by atoms with Crippen LogP contribution < -0.4 is 0 Å². The van der Waals surface area contributed by atoms with E-state index in [9.17, 15) is 0 Å². The van der Waals surface area contributed by atoms with Crippen LogP contribution in [0, 0.1) is 0 Å². The Morgan fingerprint density at radius 3 is 2.20 bits per heavy atom. The van der Waals surface area contributed by atoms with Crippen molar-refractivity contribution in [3.63, 3.8) is 0 Å². The molecule has 2 atom stereocenters. The minimum Gasteiger partial charge on any atom is -0.393 e. The summed E-state index contributed by atoms with van der Waals surface area (Å²) < 4.78 is 0. The molecule has 0 aliphatic rings. The molecule has 0 bridgehead atoms. The lowest BCUT2D eigenvalue weighted by Gasteiger charge is -2.08. The van der Waals surface area contributed by atoms with Gasteiger partial charge in [-0.15, -0.1) is 0 Å². The summed E-state index contributed by atoms with van der Waals surface area (Å²) in [6.07, 6.45) is 0.647. The minimum atomic E-state index is -0.446. The molecule has 0 saturated carbocycles. The van der Waals surface area contributed by atoms with Crippen molar-refractivity contribution in [3.05, 3.63) is 12.2 Å². The topological polar surface area (TPSA) is 40.5 Å². The van der Waals surface area contributed by atoms with E-state index >= 15 is 0 Å². The molecule has 10 heavy (non-hydrogen) atoms. The van der Waals surface area contributed by atoms with Gasteiger partial charge in [0, 0.05) is 0 Å². The molecule has 0 heterocycles. The summed E-state index contributed by atoms with van der Waals surface area (Å²) in [6, 6.07) is 0. The first-order valence-electron chi connectivity index (χ1n) is 3.58. The zero-order valence-electron chi connectivity index (χ0n) is 6.67. The number of aliphatic hydroxyl groups is 2. The van der Waals surface area contributed by atoms with Gasteiger partial charge < -0.3 is 10.2 Å². The van der Waals surface area contributed by atoms with Crippen LogP contribution in [0.2, 0.25) is 0 Å². The van der Waals surface area contributed by atoms with Crippen molar-refractivity contribution in [1.82, 2.24) is 0 Å². The van der Waals surface area contributed by atoms with E-state index in [1.807, 2.05) is 0 Å². The third-order valence-corrected chi connectivity index (χ3v) is 1.47. The second kappa shape index (κ2) is 4.47. The van der Waals surface area contributed by atoms with Crippen LogP contribution in [0.5, 0.6) is 0 Å². The van der Waals surface area contributed by atoms with Crippen molar-refractivity contribution in [2.24, 2.45) is 0 Å². The molecular formula is C8H16O2. The molecule has 2 heteroatoms. The fourth-order valence-corrected chi connectivity index (χ4v) is 0.603. The third-order valence-electron chi connectivity index (χ3n) is 1.47. The van der Waals surface area contributed by atoms with Crippen LogP contribution in [0.15, 0.2) is 12.2 Å². The highest BCUT2D eigenvalue weighted by Crippen LogP contribution is 2.08. The van der Waals surface area contributed by atoms with Crippen LogP contribution >= 0.6 is 0 Å². The zero-order valence-corrected chi connectivity index (χ0v) is 6.67. The molecule has 0 aromatic carbocycles. The average molecular weight is 144 g/mol. The summed E-state index contributed by atoms with van der Waals surface area (Å²) in [6.45, 7) is 7.08. The lowest BCUT2D eigenvalue weighted by atomic mass is 10.1. The Kier molecular flexibility index (Phi) is 4.32. The van der Waals surface area contributed by atoms with E-state index in [-0.39, 0.29) is 6.10 Å². The maximum Gasteiger partial charge on any atom is 0.0719 e. The van der Waals surface area contributed by atoms with Gasteiger partial charge in [-0.2, -0.15) is 0 Å². The van der Waals surface area contributed by atoms with Gasteiger partial charge in [0.25, 0.3) is 0 Å². The molecule has 0 aliphatic heterocycles. The lowest BCUT2D eigenvalue weighted by Crippen LogP contribution is -2.06. The van der Waals surface area contributed by atoms with E-state index in [1.54, 1.807) is 13.8 Å². The second-order valence-corrected chi connectivity index (χ2v) is 2.72. The van der Waals surface area contributed by atoms with Crippen LogP contribution in [0.1, 0.15) is 26.7 Å². The Bertz CT molecular complexity index is 106. The van der Waals surface area contributed by atoms with Gasteiger partial charge in [0.15, 0.2) is 0 Å². The molecular weight excluding hydrogens is 128 g/mol. The lowest BCUT2D eigenvalue weighted by molar-refractivity contribution is 0.177. The minimum absolute atomic E-state index is 0.296. The van der Waals surface area contributed by atoms with Crippen molar-refractivity contribution < 1.29 is 10.2 Å². The molecule has 0 aliphatic carbocycles. The van der Waals surface area contributed by atoms with Crippen molar-refractivity contribution in [2.45, 2.75) is 38.9 Å².